The molecule has 0 saturated carbocycles. The van der Waals surface area contributed by atoms with Gasteiger partial charge in [-0.3, -0.25) is 4.79 Å². The molecule has 0 aliphatic rings. The Kier molecular flexibility index (Phi) is 6.21. The summed E-state index contributed by atoms with van der Waals surface area (Å²) in [6, 6.07) is 8.11. The van der Waals surface area contributed by atoms with Gasteiger partial charge in [0, 0.05) is 12.6 Å². The number of nitrogens with one attached hydrogen (secondary N) is 2. The van der Waals surface area contributed by atoms with Crippen LogP contribution in [0.2, 0.25) is 0 Å². The minimum Gasteiger partial charge on any atom is -0.481 e. The maximum atomic E-state index is 11.8. The summed E-state index contributed by atoms with van der Waals surface area (Å²) in [4.78, 5) is 22.5. The Balaban J connectivity index is 2.52. The first-order chi connectivity index (χ1) is 9.92. The van der Waals surface area contributed by atoms with E-state index in [1.807, 2.05) is 19.9 Å². The van der Waals surface area contributed by atoms with E-state index in [0.29, 0.717) is 5.56 Å². The third kappa shape index (κ3) is 5.95. The second-order valence-corrected chi connectivity index (χ2v) is 5.09. The lowest BCUT2D eigenvalue weighted by Crippen LogP contribution is -2.45. The molecule has 0 aliphatic heterocycles. The van der Waals surface area contributed by atoms with Crippen LogP contribution in [0.5, 0.6) is 0 Å². The number of carboxylic acid groups (broad SMARTS) is 1. The first-order valence-electron chi connectivity index (χ1n) is 6.67. The van der Waals surface area contributed by atoms with E-state index in [4.69, 9.17) is 10.4 Å². The number of carbonyl (C=O) groups excluding carboxylic acids is 1. The number of rotatable bonds is 6. The minimum atomic E-state index is -0.948. The quantitative estimate of drug-likeness (QED) is 0.743. The maximum absolute atomic E-state index is 11.8. The summed E-state index contributed by atoms with van der Waals surface area (Å²) in [7, 11) is 0. The smallest absolute Gasteiger partial charge is 0.315 e. The minimum absolute atomic E-state index is 0.0220. The van der Waals surface area contributed by atoms with Gasteiger partial charge in [0.1, 0.15) is 0 Å². The van der Waals surface area contributed by atoms with Crippen LogP contribution in [0.15, 0.2) is 24.3 Å². The van der Waals surface area contributed by atoms with Gasteiger partial charge in [0.05, 0.1) is 18.1 Å². The van der Waals surface area contributed by atoms with Gasteiger partial charge < -0.3 is 15.7 Å². The molecule has 1 atom stereocenters. The molecule has 1 rings (SSSR count). The molecular weight excluding hydrogens is 270 g/mol. The van der Waals surface area contributed by atoms with Crippen molar-refractivity contribution >= 4 is 12.0 Å². The topological polar surface area (TPSA) is 102 Å². The van der Waals surface area contributed by atoms with Gasteiger partial charge in [0.15, 0.2) is 0 Å². The van der Waals surface area contributed by atoms with Gasteiger partial charge in [-0.05, 0) is 23.6 Å². The maximum Gasteiger partial charge on any atom is 0.315 e. The van der Waals surface area contributed by atoms with E-state index in [1.165, 1.54) is 0 Å². The Hall–Kier alpha value is -2.55. The van der Waals surface area contributed by atoms with E-state index in [0.717, 1.165) is 5.56 Å². The Morgan fingerprint density at radius 1 is 1.38 bits per heavy atom. The van der Waals surface area contributed by atoms with Gasteiger partial charge in [0.25, 0.3) is 0 Å². The molecule has 6 nitrogen and oxygen atoms in total. The molecule has 3 N–H and O–H groups in total. The molecule has 0 bridgehead atoms. The number of hydrogen-bond donors (Lipinski definition) is 3. The van der Waals surface area contributed by atoms with Crippen molar-refractivity contribution in [2.24, 2.45) is 5.92 Å². The Bertz CT molecular complexity index is 549. The van der Waals surface area contributed by atoms with Crippen molar-refractivity contribution in [1.82, 2.24) is 10.6 Å². The van der Waals surface area contributed by atoms with Crippen LogP contribution >= 0.6 is 0 Å². The lowest BCUT2D eigenvalue weighted by molar-refractivity contribution is -0.137. The Labute approximate surface area is 123 Å². The van der Waals surface area contributed by atoms with E-state index in [2.05, 4.69) is 10.6 Å². The molecule has 6 heteroatoms. The van der Waals surface area contributed by atoms with Crippen LogP contribution in [0.1, 0.15) is 31.4 Å². The van der Waals surface area contributed by atoms with Crippen LogP contribution < -0.4 is 10.6 Å². The van der Waals surface area contributed by atoms with E-state index in [-0.39, 0.29) is 18.9 Å². The van der Waals surface area contributed by atoms with Gasteiger partial charge in [-0.25, -0.2) is 4.79 Å². The van der Waals surface area contributed by atoms with Crippen LogP contribution in [-0.2, 0) is 11.3 Å². The molecule has 21 heavy (non-hydrogen) atoms. The summed E-state index contributed by atoms with van der Waals surface area (Å²) >= 11 is 0. The number of carbonyl (C=O) groups is 2. The van der Waals surface area contributed by atoms with Crippen molar-refractivity contribution in [2.75, 3.05) is 0 Å². The number of carboxylic acids is 1. The fourth-order valence-electron chi connectivity index (χ4n) is 1.79. The van der Waals surface area contributed by atoms with E-state index in [9.17, 15) is 9.59 Å². The molecule has 112 valence electrons. The number of aliphatic carboxylic acids is 1. The highest BCUT2D eigenvalue weighted by atomic mass is 16.4. The first-order valence-corrected chi connectivity index (χ1v) is 6.67. The molecule has 0 heterocycles. The Morgan fingerprint density at radius 2 is 2.10 bits per heavy atom. The van der Waals surface area contributed by atoms with Crippen molar-refractivity contribution < 1.29 is 14.7 Å². The number of hydrogen-bond acceptors (Lipinski definition) is 3. The zero-order chi connectivity index (χ0) is 15.8. The van der Waals surface area contributed by atoms with Gasteiger partial charge >= 0.3 is 12.0 Å². The van der Waals surface area contributed by atoms with E-state index < -0.39 is 18.0 Å². The fraction of sp³-hybridized carbons (Fsp3) is 0.400. The molecule has 1 unspecified atom stereocenters. The van der Waals surface area contributed by atoms with Crippen molar-refractivity contribution in [3.8, 4) is 6.07 Å². The molecule has 0 fully saturated rings. The molecule has 0 spiro atoms. The molecule has 0 saturated heterocycles. The lowest BCUT2D eigenvalue weighted by Gasteiger charge is -2.20. The number of urea groups is 1. The van der Waals surface area contributed by atoms with Gasteiger partial charge in [-0.1, -0.05) is 26.0 Å². The standard InChI is InChI=1S/C15H19N3O3/c1-10(2)13(7-14(19)20)18-15(21)17-9-12-5-3-4-11(6-12)8-16/h3-6,10,13H,7,9H2,1-2H3,(H,19,20)(H2,17,18,21). The van der Waals surface area contributed by atoms with Crippen LogP contribution in [0, 0.1) is 17.2 Å². The molecule has 0 radical (unpaired) electrons. The predicted molar refractivity (Wildman–Crippen MR) is 77.4 cm³/mol. The van der Waals surface area contributed by atoms with E-state index >= 15 is 0 Å². The molecule has 0 aromatic heterocycles. The van der Waals surface area contributed by atoms with E-state index in [1.54, 1.807) is 24.3 Å². The average Bonchev–Trinajstić information content (AvgIpc) is 2.44. The summed E-state index contributed by atoms with van der Waals surface area (Å²) in [5, 5.41) is 22.9. The second kappa shape index (κ2) is 7.90. The molecule has 1 aromatic carbocycles. The number of amides is 2. The van der Waals surface area contributed by atoms with Crippen molar-refractivity contribution in [3.05, 3.63) is 35.4 Å². The second-order valence-electron chi connectivity index (χ2n) is 5.09. The van der Waals surface area contributed by atoms with Crippen LogP contribution in [0.4, 0.5) is 4.79 Å². The average molecular weight is 289 g/mol. The number of nitrogens with zero attached hydrogens (tertiary/aromatic N) is 1. The zero-order valence-electron chi connectivity index (χ0n) is 12.1. The predicted octanol–water partition coefficient (Wildman–Crippen LogP) is 1.86. The highest BCUT2D eigenvalue weighted by Crippen LogP contribution is 2.06. The first kappa shape index (κ1) is 16.5. The summed E-state index contributed by atoms with van der Waals surface area (Å²) in [5.74, 6) is -0.926. The highest BCUT2D eigenvalue weighted by Gasteiger charge is 2.19. The molecule has 0 aliphatic carbocycles. The van der Waals surface area contributed by atoms with Crippen molar-refractivity contribution in [3.63, 3.8) is 0 Å². The summed E-state index contributed by atoms with van der Waals surface area (Å²) < 4.78 is 0. The fourth-order valence-corrected chi connectivity index (χ4v) is 1.79. The summed E-state index contributed by atoms with van der Waals surface area (Å²) in [5.41, 5.74) is 1.34. The van der Waals surface area contributed by atoms with Crippen LogP contribution in [-0.4, -0.2) is 23.1 Å². The Morgan fingerprint density at radius 3 is 2.67 bits per heavy atom. The molecule has 2 amide bonds. The number of nitriles is 1. The lowest BCUT2D eigenvalue weighted by atomic mass is 10.0. The van der Waals surface area contributed by atoms with Crippen molar-refractivity contribution in [2.45, 2.75) is 32.9 Å². The molecule has 1 aromatic rings. The SMILES string of the molecule is CC(C)C(CC(=O)O)NC(=O)NCc1cccc(C#N)c1. The number of benzene rings is 1. The largest absolute Gasteiger partial charge is 0.481 e. The normalized spacial score (nSPS) is 11.5. The summed E-state index contributed by atoms with van der Waals surface area (Å²) in [6.07, 6.45) is -0.116. The third-order valence-electron chi connectivity index (χ3n) is 3.02. The third-order valence-corrected chi connectivity index (χ3v) is 3.02. The van der Waals surface area contributed by atoms with Crippen molar-refractivity contribution in [1.29, 1.82) is 5.26 Å². The molecular formula is C15H19N3O3. The zero-order valence-corrected chi connectivity index (χ0v) is 12.1. The van der Waals surface area contributed by atoms with Gasteiger partial charge in [-0.15, -0.1) is 0 Å². The van der Waals surface area contributed by atoms with Gasteiger partial charge in [-0.2, -0.15) is 5.26 Å². The highest BCUT2D eigenvalue weighted by molar-refractivity contribution is 5.75. The van der Waals surface area contributed by atoms with Crippen LogP contribution in [0.25, 0.3) is 0 Å². The van der Waals surface area contributed by atoms with Gasteiger partial charge in [0.2, 0.25) is 0 Å². The van der Waals surface area contributed by atoms with Crippen LogP contribution in [0.3, 0.4) is 0 Å². The monoisotopic (exact) mass is 289 g/mol. The summed E-state index contributed by atoms with van der Waals surface area (Å²) in [6.45, 7) is 3.98.